The van der Waals surface area contributed by atoms with Crippen LogP contribution in [0.1, 0.15) is 34.5 Å². The summed E-state index contributed by atoms with van der Waals surface area (Å²) in [6.45, 7) is 2.99. The minimum Gasteiger partial charge on any atom is -0.403 e. The number of Topliss-reactive ketones (excluding diaryl/α,β-unsaturated/α-hetero) is 1. The first-order valence-electron chi connectivity index (χ1n) is 8.94. The number of amides is 1. The summed E-state index contributed by atoms with van der Waals surface area (Å²) in [5, 5.41) is 1.48. The number of nitrogens with zero attached hydrogens (tertiary/aromatic N) is 1. The number of hydrogen-bond donors (Lipinski definition) is 1. The number of halogens is 9. The van der Waals surface area contributed by atoms with Crippen molar-refractivity contribution in [3.05, 3.63) is 71.8 Å². The number of benzene rings is 1. The second kappa shape index (κ2) is 9.73. The third-order valence-electron chi connectivity index (χ3n) is 4.41. The van der Waals surface area contributed by atoms with Crippen molar-refractivity contribution in [2.75, 3.05) is 0 Å². The molecule has 14 heteroatoms. The highest BCUT2D eigenvalue weighted by Gasteiger charge is 2.58. The van der Waals surface area contributed by atoms with Crippen LogP contribution in [0, 0.1) is 5.82 Å². The predicted molar refractivity (Wildman–Crippen MR) is 97.3 cm³/mol. The zero-order valence-electron chi connectivity index (χ0n) is 16.6. The van der Waals surface area contributed by atoms with Crippen LogP contribution in [0.5, 0.6) is 5.75 Å². The molecule has 1 aromatic heterocycles. The fraction of sp³-hybridized carbons (Fsp3) is 0.250. The van der Waals surface area contributed by atoms with Gasteiger partial charge in [0.05, 0.1) is 0 Å². The van der Waals surface area contributed by atoms with Gasteiger partial charge in [0, 0.05) is 18.2 Å². The topological polar surface area (TPSA) is 68.3 Å². The fourth-order valence-corrected chi connectivity index (χ4v) is 2.82. The van der Waals surface area contributed by atoms with Crippen molar-refractivity contribution in [3.8, 4) is 5.75 Å². The molecule has 184 valence electrons. The molecule has 2 rings (SSSR count). The molecule has 0 bridgehead atoms. The summed E-state index contributed by atoms with van der Waals surface area (Å²) in [5.74, 6) is -6.19. The van der Waals surface area contributed by atoms with E-state index in [1.807, 2.05) is 0 Å². The van der Waals surface area contributed by atoms with Crippen LogP contribution < -0.4 is 10.1 Å². The van der Waals surface area contributed by atoms with E-state index in [-0.39, 0.29) is 12.1 Å². The van der Waals surface area contributed by atoms with Gasteiger partial charge in [-0.2, -0.15) is 13.2 Å². The van der Waals surface area contributed by atoms with E-state index in [9.17, 15) is 49.1 Å². The van der Waals surface area contributed by atoms with Crippen molar-refractivity contribution < 1.29 is 53.8 Å². The molecule has 5 nitrogen and oxygen atoms in total. The van der Waals surface area contributed by atoms with Gasteiger partial charge in [0.15, 0.2) is 22.9 Å². The largest absolute Gasteiger partial charge is 0.573 e. The van der Waals surface area contributed by atoms with Crippen LogP contribution in [0.25, 0.3) is 0 Å². The molecular weight excluding hydrogens is 487 g/mol. The van der Waals surface area contributed by atoms with E-state index in [4.69, 9.17) is 0 Å². The average molecular weight is 500 g/mol. The normalized spacial score (nSPS) is 13.8. The first-order valence-corrected chi connectivity index (χ1v) is 8.94. The highest BCUT2D eigenvalue weighted by atomic mass is 19.4. The molecule has 34 heavy (non-hydrogen) atoms. The smallest absolute Gasteiger partial charge is 0.403 e. The minimum absolute atomic E-state index is 0.0124. The zero-order valence-corrected chi connectivity index (χ0v) is 16.6. The zero-order chi connectivity index (χ0) is 25.9. The second-order valence-electron chi connectivity index (χ2n) is 6.67. The van der Waals surface area contributed by atoms with E-state index in [1.165, 1.54) is 5.32 Å². The molecule has 0 radical (unpaired) electrons. The van der Waals surface area contributed by atoms with E-state index < -0.39 is 71.0 Å². The maximum atomic E-state index is 14.3. The van der Waals surface area contributed by atoms with Crippen molar-refractivity contribution in [2.45, 2.75) is 30.9 Å². The Hall–Kier alpha value is -3.58. The summed E-state index contributed by atoms with van der Waals surface area (Å²) >= 11 is 0. The number of pyridine rings is 1. The molecule has 0 aliphatic carbocycles. The first-order chi connectivity index (χ1) is 15.6. The van der Waals surface area contributed by atoms with Crippen LogP contribution in [-0.4, -0.2) is 29.2 Å². The molecular formula is C20H13F9N2O3. The van der Waals surface area contributed by atoms with Gasteiger partial charge in [0.2, 0.25) is 5.91 Å². The van der Waals surface area contributed by atoms with Crippen LogP contribution in [0.3, 0.4) is 0 Å². The molecule has 0 spiro atoms. The van der Waals surface area contributed by atoms with Gasteiger partial charge in [-0.15, -0.1) is 13.2 Å². The number of rotatable bonds is 8. The highest BCUT2D eigenvalue weighted by Crippen LogP contribution is 2.44. The van der Waals surface area contributed by atoms with E-state index in [2.05, 4.69) is 16.3 Å². The van der Waals surface area contributed by atoms with E-state index in [1.54, 1.807) is 0 Å². The Labute approximate surface area is 185 Å². The average Bonchev–Trinajstić information content (AvgIpc) is 2.72. The summed E-state index contributed by atoms with van der Waals surface area (Å²) in [6, 6.07) is 2.09. The second-order valence-corrected chi connectivity index (χ2v) is 6.67. The summed E-state index contributed by atoms with van der Waals surface area (Å²) in [5.41, 5.74) is -6.13. The van der Waals surface area contributed by atoms with Crippen LogP contribution >= 0.6 is 0 Å². The minimum atomic E-state index is -5.51. The van der Waals surface area contributed by atoms with Gasteiger partial charge < -0.3 is 10.1 Å². The molecule has 1 atom stereocenters. The molecule has 0 fully saturated rings. The number of alkyl halides is 8. The van der Waals surface area contributed by atoms with Crippen molar-refractivity contribution in [1.29, 1.82) is 0 Å². The molecule has 0 saturated carbocycles. The Bertz CT molecular complexity index is 1070. The van der Waals surface area contributed by atoms with Gasteiger partial charge >= 0.3 is 12.5 Å². The summed E-state index contributed by atoms with van der Waals surface area (Å²) in [6.07, 6.45) is -14.5. The van der Waals surface area contributed by atoms with E-state index in [0.717, 1.165) is 12.1 Å². The molecule has 0 saturated heterocycles. The molecule has 1 N–H and O–H groups in total. The molecule has 1 heterocycles. The van der Waals surface area contributed by atoms with Crippen LogP contribution in [0.2, 0.25) is 0 Å². The van der Waals surface area contributed by atoms with Gasteiger partial charge in [-0.3, -0.25) is 14.6 Å². The van der Waals surface area contributed by atoms with Crippen LogP contribution in [0.4, 0.5) is 39.5 Å². The Morgan fingerprint density at radius 3 is 2.18 bits per heavy atom. The SMILES string of the molecule is C=CC(=O)NC(CC(=O)c1ccc(C(F)F)cn1)(c1ccc(OC(F)(F)F)c(F)c1)C(F)(F)F. The van der Waals surface area contributed by atoms with Gasteiger partial charge in [-0.1, -0.05) is 12.6 Å². The van der Waals surface area contributed by atoms with Gasteiger partial charge in [-0.25, -0.2) is 13.2 Å². The van der Waals surface area contributed by atoms with E-state index in [0.29, 0.717) is 18.3 Å². The molecule has 1 amide bonds. The third-order valence-corrected chi connectivity index (χ3v) is 4.41. The Balaban J connectivity index is 2.60. The standard InChI is InChI=1S/C20H13F9N2O3/c1-2-16(33)31-18(19(24,25)26,8-14(32)13-5-3-10(9-30-13)17(22)23)11-4-6-15(12(21)7-11)34-20(27,28)29/h2-7,9,17H,1,8H2,(H,31,33). The van der Waals surface area contributed by atoms with Crippen molar-refractivity contribution in [3.63, 3.8) is 0 Å². The van der Waals surface area contributed by atoms with Crippen LogP contribution in [0.15, 0.2) is 49.2 Å². The quantitative estimate of drug-likeness (QED) is 0.300. The lowest BCUT2D eigenvalue weighted by Crippen LogP contribution is -2.57. The molecule has 1 aromatic carbocycles. The van der Waals surface area contributed by atoms with Crippen molar-refractivity contribution >= 4 is 11.7 Å². The fourth-order valence-electron chi connectivity index (χ4n) is 2.82. The summed E-state index contributed by atoms with van der Waals surface area (Å²) in [7, 11) is 0. The van der Waals surface area contributed by atoms with Crippen LogP contribution in [-0.2, 0) is 10.3 Å². The number of carbonyl (C=O) groups is 2. The lowest BCUT2D eigenvalue weighted by Gasteiger charge is -2.36. The lowest BCUT2D eigenvalue weighted by atomic mass is 9.83. The Morgan fingerprint density at radius 1 is 1.09 bits per heavy atom. The molecule has 1 unspecified atom stereocenters. The number of ether oxygens (including phenoxy) is 1. The van der Waals surface area contributed by atoms with Gasteiger partial charge in [0.25, 0.3) is 6.43 Å². The number of nitrogens with one attached hydrogen (secondary N) is 1. The monoisotopic (exact) mass is 500 g/mol. The van der Waals surface area contributed by atoms with Crippen molar-refractivity contribution in [2.24, 2.45) is 0 Å². The number of ketones is 1. The molecule has 0 aliphatic heterocycles. The number of hydrogen-bond acceptors (Lipinski definition) is 4. The predicted octanol–water partition coefficient (Wildman–Crippen LogP) is 5.39. The number of carbonyl (C=O) groups excluding carboxylic acids is 2. The molecule has 2 aromatic rings. The maximum absolute atomic E-state index is 14.3. The van der Waals surface area contributed by atoms with Gasteiger partial charge in [0.1, 0.15) is 5.69 Å². The van der Waals surface area contributed by atoms with E-state index >= 15 is 0 Å². The summed E-state index contributed by atoms with van der Waals surface area (Å²) in [4.78, 5) is 27.8. The molecule has 0 aliphatic rings. The maximum Gasteiger partial charge on any atom is 0.573 e. The Morgan fingerprint density at radius 2 is 1.74 bits per heavy atom. The first kappa shape index (κ1) is 26.7. The third kappa shape index (κ3) is 6.05. The summed E-state index contributed by atoms with van der Waals surface area (Å²) < 4.78 is 123. The number of aromatic nitrogens is 1. The lowest BCUT2D eigenvalue weighted by molar-refractivity contribution is -0.275. The van der Waals surface area contributed by atoms with Crippen molar-refractivity contribution in [1.82, 2.24) is 10.3 Å². The Kier molecular flexibility index (Phi) is 7.63. The van der Waals surface area contributed by atoms with Gasteiger partial charge in [-0.05, 0) is 35.9 Å². The highest BCUT2D eigenvalue weighted by molar-refractivity contribution is 5.96.